The van der Waals surface area contributed by atoms with Gasteiger partial charge in [0.05, 0.1) is 0 Å². The second-order valence-electron chi connectivity index (χ2n) is 4.31. The van der Waals surface area contributed by atoms with Crippen molar-refractivity contribution in [2.75, 3.05) is 11.9 Å². The van der Waals surface area contributed by atoms with Gasteiger partial charge in [0.1, 0.15) is 0 Å². The van der Waals surface area contributed by atoms with Crippen LogP contribution in [0.2, 0.25) is 0 Å². The van der Waals surface area contributed by atoms with E-state index < -0.39 is 17.5 Å². The predicted octanol–water partition coefficient (Wildman–Crippen LogP) is 4.92. The van der Waals surface area contributed by atoms with Crippen molar-refractivity contribution in [2.24, 2.45) is 0 Å². The number of benzene rings is 2. The molecule has 0 aliphatic carbocycles. The highest BCUT2D eigenvalue weighted by Crippen LogP contribution is 2.26. The molecule has 3 nitrogen and oxygen atoms in total. The van der Waals surface area contributed by atoms with Crippen LogP contribution in [-0.4, -0.2) is 18.3 Å². The summed E-state index contributed by atoms with van der Waals surface area (Å²) in [6, 6.07) is 10.2. The number of carbonyl (C=O) groups is 1. The third-order valence-electron chi connectivity index (χ3n) is 2.62. The fourth-order valence-corrected chi connectivity index (χ4v) is 2.48. The first-order valence-corrected chi connectivity index (χ1v) is 8.04. The van der Waals surface area contributed by atoms with E-state index in [0.717, 1.165) is 0 Å². The Morgan fingerprint density at radius 3 is 2.52 bits per heavy atom. The number of nitrogens with one attached hydrogen (secondary N) is 1. The summed E-state index contributed by atoms with van der Waals surface area (Å²) in [4.78, 5) is 12.1. The molecule has 0 aliphatic heterocycles. The molecule has 2 rings (SSSR count). The number of halogens is 4. The summed E-state index contributed by atoms with van der Waals surface area (Å²) >= 11 is 3.54. The highest BCUT2D eigenvalue weighted by atomic mass is 79.9. The van der Waals surface area contributed by atoms with Gasteiger partial charge in [-0.3, -0.25) is 4.79 Å². The molecule has 1 N–H and O–H groups in total. The molecule has 122 valence electrons. The van der Waals surface area contributed by atoms with E-state index in [1.165, 1.54) is 36.4 Å². The lowest BCUT2D eigenvalue weighted by Gasteiger charge is -2.09. The molecule has 0 radical (unpaired) electrons. The largest absolute Gasteiger partial charge is 0.481 e. The maximum atomic E-state index is 13.5. The first-order valence-electron chi connectivity index (χ1n) is 6.36. The molecular formula is C15H11BrF3NO2S. The van der Waals surface area contributed by atoms with Crippen LogP contribution in [0, 0.1) is 5.82 Å². The minimum Gasteiger partial charge on any atom is -0.481 e. The third-order valence-corrected chi connectivity index (χ3v) is 3.83. The van der Waals surface area contributed by atoms with Crippen molar-refractivity contribution in [1.29, 1.82) is 0 Å². The van der Waals surface area contributed by atoms with Crippen LogP contribution in [0.25, 0.3) is 0 Å². The number of ether oxygens (including phenoxy) is 1. The smallest absolute Gasteiger partial charge is 0.288 e. The van der Waals surface area contributed by atoms with Gasteiger partial charge in [-0.1, -0.05) is 27.7 Å². The van der Waals surface area contributed by atoms with E-state index in [9.17, 15) is 18.0 Å². The van der Waals surface area contributed by atoms with E-state index in [-0.39, 0.29) is 12.4 Å². The van der Waals surface area contributed by atoms with E-state index in [2.05, 4.69) is 21.2 Å². The molecule has 0 saturated carbocycles. The van der Waals surface area contributed by atoms with Crippen molar-refractivity contribution < 1.29 is 22.7 Å². The van der Waals surface area contributed by atoms with Gasteiger partial charge < -0.3 is 10.1 Å². The Kier molecular flexibility index (Phi) is 6.35. The topological polar surface area (TPSA) is 38.3 Å². The molecule has 1 amide bonds. The van der Waals surface area contributed by atoms with Gasteiger partial charge in [0.25, 0.3) is 11.7 Å². The highest BCUT2D eigenvalue weighted by Gasteiger charge is 2.09. The molecule has 0 saturated heterocycles. The monoisotopic (exact) mass is 405 g/mol. The second kappa shape index (κ2) is 8.26. The summed E-state index contributed by atoms with van der Waals surface area (Å²) in [7, 11) is 0. The van der Waals surface area contributed by atoms with E-state index in [1.54, 1.807) is 6.07 Å². The number of hydrogen-bond donors (Lipinski definition) is 1. The molecule has 0 heterocycles. The standard InChI is InChI=1S/C15H11BrF3NO2S/c16-9-1-6-13(12(17)7-9)22-8-14(21)20-10-2-4-11(5-3-10)23-15(18)19/h1-7,15H,8H2,(H,20,21). The van der Waals surface area contributed by atoms with Crippen molar-refractivity contribution in [3.05, 3.63) is 52.8 Å². The van der Waals surface area contributed by atoms with E-state index in [1.807, 2.05) is 0 Å². The molecular weight excluding hydrogens is 395 g/mol. The van der Waals surface area contributed by atoms with Gasteiger partial charge in [0, 0.05) is 15.1 Å². The maximum absolute atomic E-state index is 13.5. The van der Waals surface area contributed by atoms with Crippen LogP contribution < -0.4 is 10.1 Å². The summed E-state index contributed by atoms with van der Waals surface area (Å²) in [6.07, 6.45) is 0. The molecule has 23 heavy (non-hydrogen) atoms. The summed E-state index contributed by atoms with van der Waals surface area (Å²) < 4.78 is 43.6. The van der Waals surface area contributed by atoms with Crippen molar-refractivity contribution in [3.63, 3.8) is 0 Å². The number of hydrogen-bond acceptors (Lipinski definition) is 3. The molecule has 0 spiro atoms. The molecule has 2 aromatic carbocycles. The molecule has 0 fully saturated rings. The molecule has 0 aromatic heterocycles. The number of carbonyl (C=O) groups excluding carboxylic acids is 1. The van der Waals surface area contributed by atoms with Gasteiger partial charge in [-0.25, -0.2) is 4.39 Å². The van der Waals surface area contributed by atoms with Crippen LogP contribution in [0.1, 0.15) is 0 Å². The van der Waals surface area contributed by atoms with Gasteiger partial charge >= 0.3 is 0 Å². The minimum absolute atomic E-state index is 0.0352. The predicted molar refractivity (Wildman–Crippen MR) is 86.5 cm³/mol. The molecule has 0 unspecified atom stereocenters. The number of amides is 1. The molecule has 8 heteroatoms. The fraction of sp³-hybridized carbons (Fsp3) is 0.133. The van der Waals surface area contributed by atoms with Crippen LogP contribution in [-0.2, 0) is 4.79 Å². The van der Waals surface area contributed by atoms with Crippen molar-refractivity contribution in [2.45, 2.75) is 10.7 Å². The lowest BCUT2D eigenvalue weighted by Crippen LogP contribution is -2.20. The van der Waals surface area contributed by atoms with E-state index in [0.29, 0.717) is 26.8 Å². The van der Waals surface area contributed by atoms with Crippen molar-refractivity contribution in [1.82, 2.24) is 0 Å². The first-order chi connectivity index (χ1) is 10.9. The zero-order valence-electron chi connectivity index (χ0n) is 11.6. The first kappa shape index (κ1) is 17.7. The van der Waals surface area contributed by atoms with Crippen LogP contribution in [0.15, 0.2) is 51.8 Å². The number of rotatable bonds is 6. The SMILES string of the molecule is O=C(COc1ccc(Br)cc1F)Nc1ccc(SC(F)F)cc1. The quantitative estimate of drug-likeness (QED) is 0.693. The summed E-state index contributed by atoms with van der Waals surface area (Å²) in [6.45, 7) is -0.369. The van der Waals surface area contributed by atoms with Crippen LogP contribution in [0.3, 0.4) is 0 Å². The summed E-state index contributed by atoms with van der Waals surface area (Å²) in [5.41, 5.74) is 0.438. The van der Waals surface area contributed by atoms with Crippen LogP contribution >= 0.6 is 27.7 Å². The average Bonchev–Trinajstić information content (AvgIpc) is 2.48. The Morgan fingerprint density at radius 1 is 1.22 bits per heavy atom. The highest BCUT2D eigenvalue weighted by molar-refractivity contribution is 9.10. The van der Waals surface area contributed by atoms with Crippen molar-refractivity contribution >= 4 is 39.3 Å². The number of anilines is 1. The third kappa shape index (κ3) is 5.80. The molecule has 0 bridgehead atoms. The normalized spacial score (nSPS) is 10.7. The molecule has 0 aliphatic rings. The molecule has 2 aromatic rings. The zero-order chi connectivity index (χ0) is 16.8. The molecule has 0 atom stereocenters. The van der Waals surface area contributed by atoms with Gasteiger partial charge in [-0.15, -0.1) is 0 Å². The van der Waals surface area contributed by atoms with Crippen LogP contribution in [0.5, 0.6) is 5.75 Å². The number of alkyl halides is 2. The maximum Gasteiger partial charge on any atom is 0.288 e. The zero-order valence-corrected chi connectivity index (χ0v) is 14.0. The summed E-state index contributed by atoms with van der Waals surface area (Å²) in [5.74, 6) is -3.60. The van der Waals surface area contributed by atoms with E-state index in [4.69, 9.17) is 4.74 Å². The van der Waals surface area contributed by atoms with Gasteiger partial charge in [-0.2, -0.15) is 8.78 Å². The Bertz CT molecular complexity index is 683. The minimum atomic E-state index is -2.50. The fourth-order valence-electron chi connectivity index (χ4n) is 1.65. The van der Waals surface area contributed by atoms with Gasteiger partial charge in [0.15, 0.2) is 18.2 Å². The van der Waals surface area contributed by atoms with Crippen molar-refractivity contribution in [3.8, 4) is 5.75 Å². The lowest BCUT2D eigenvalue weighted by atomic mass is 10.3. The lowest BCUT2D eigenvalue weighted by molar-refractivity contribution is -0.118. The average molecular weight is 406 g/mol. The number of thioether (sulfide) groups is 1. The second-order valence-corrected chi connectivity index (χ2v) is 6.29. The Hall–Kier alpha value is -1.67. The Labute approximate surface area is 143 Å². The van der Waals surface area contributed by atoms with Gasteiger partial charge in [-0.05, 0) is 42.5 Å². The Morgan fingerprint density at radius 2 is 1.91 bits per heavy atom. The van der Waals surface area contributed by atoms with Crippen LogP contribution in [0.4, 0.5) is 18.9 Å². The van der Waals surface area contributed by atoms with Gasteiger partial charge in [0.2, 0.25) is 0 Å². The Balaban J connectivity index is 1.87. The van der Waals surface area contributed by atoms with E-state index >= 15 is 0 Å². The summed E-state index contributed by atoms with van der Waals surface area (Å²) in [5, 5.41) is 2.53.